The quantitative estimate of drug-likeness (QED) is 0.0415. The highest BCUT2D eigenvalue weighted by Crippen LogP contribution is 2.52. The Hall–Kier alpha value is -4.86. The number of phosphoric ester groups is 2. The van der Waals surface area contributed by atoms with Gasteiger partial charge in [0.15, 0.2) is 41.3 Å². The molecule has 0 saturated carbocycles. The van der Waals surface area contributed by atoms with Crippen LogP contribution in [0.25, 0.3) is 22.3 Å². The maximum absolute atomic E-state index is 13.5. The predicted octanol–water partition coefficient (Wildman–Crippen LogP) is -4.52. The zero-order valence-corrected chi connectivity index (χ0v) is 35.0. The predicted molar refractivity (Wildman–Crippen MR) is 206 cm³/mol. The third-order valence-corrected chi connectivity index (χ3v) is 12.5. The van der Waals surface area contributed by atoms with Crippen molar-refractivity contribution in [1.29, 1.82) is 0 Å². The van der Waals surface area contributed by atoms with Gasteiger partial charge in [-0.2, -0.15) is 4.98 Å². The van der Waals surface area contributed by atoms with E-state index in [1.165, 1.54) is 4.57 Å². The summed E-state index contributed by atoms with van der Waals surface area (Å²) < 4.78 is 83.7. The Morgan fingerprint density at radius 1 is 0.723 bits per heavy atom. The number of phosphoric acid groups is 2. The number of nitrogens with one attached hydrogen (secondary N) is 2. The lowest BCUT2D eigenvalue weighted by Gasteiger charge is -2.25. The average Bonchev–Trinajstić information content (AvgIpc) is 4.05. The molecule has 3 saturated heterocycles. The van der Waals surface area contributed by atoms with E-state index >= 15 is 0 Å². The van der Waals surface area contributed by atoms with Crippen molar-refractivity contribution in [1.82, 2.24) is 48.6 Å². The molecule has 3 unspecified atom stereocenters. The van der Waals surface area contributed by atoms with Gasteiger partial charge in [0.2, 0.25) is 5.95 Å². The van der Waals surface area contributed by atoms with Crippen LogP contribution in [0.1, 0.15) is 18.7 Å². The highest BCUT2D eigenvalue weighted by Gasteiger charge is 2.53. The van der Waals surface area contributed by atoms with Crippen molar-refractivity contribution in [2.24, 2.45) is 0 Å². The summed E-state index contributed by atoms with van der Waals surface area (Å²) in [6.07, 6.45) is -17.2. The normalized spacial score (nSPS) is 31.4. The van der Waals surface area contributed by atoms with Crippen LogP contribution in [0.15, 0.2) is 45.6 Å². The number of aliphatic hydroxyl groups excluding tert-OH is 4. The average molecular weight is 982 g/mol. The Morgan fingerprint density at radius 3 is 1.91 bits per heavy atom. The van der Waals surface area contributed by atoms with E-state index in [4.69, 9.17) is 48.3 Å². The van der Waals surface area contributed by atoms with Gasteiger partial charge < -0.3 is 55.9 Å². The van der Waals surface area contributed by atoms with Crippen LogP contribution >= 0.6 is 23.9 Å². The number of anilines is 2. The largest absolute Gasteiger partial charge is 0.694 e. The van der Waals surface area contributed by atoms with Crippen molar-refractivity contribution in [3.63, 3.8) is 0 Å². The van der Waals surface area contributed by atoms with E-state index in [9.17, 15) is 63.2 Å². The van der Waals surface area contributed by atoms with Gasteiger partial charge in [0.25, 0.3) is 11.1 Å². The fourth-order valence-electron chi connectivity index (χ4n) is 7.18. The van der Waals surface area contributed by atoms with Crippen molar-refractivity contribution in [3.05, 3.63) is 62.4 Å². The number of fused-ring (bicyclic) bond motifs is 2. The molecular weight excluding hydrogens is 945 g/mol. The molecule has 5 aromatic heterocycles. The van der Waals surface area contributed by atoms with E-state index in [0.29, 0.717) is 4.57 Å². The maximum atomic E-state index is 13.5. The molecule has 13 N–H and O–H groups in total. The molecule has 15 atom stereocenters. The molecule has 0 amide bonds. The number of aromatic amines is 2. The van der Waals surface area contributed by atoms with Crippen molar-refractivity contribution >= 4 is 58.0 Å². The van der Waals surface area contributed by atoms with Gasteiger partial charge in [0, 0.05) is 16.8 Å². The monoisotopic (exact) mass is 981 g/mol. The van der Waals surface area contributed by atoms with Gasteiger partial charge in [0.05, 0.1) is 25.9 Å². The van der Waals surface area contributed by atoms with Crippen LogP contribution in [0.2, 0.25) is 0 Å². The first-order valence-corrected chi connectivity index (χ1v) is 22.6. The molecular formula is C29H36N12O21P3+. The van der Waals surface area contributed by atoms with E-state index in [2.05, 4.69) is 29.9 Å². The summed E-state index contributed by atoms with van der Waals surface area (Å²) in [5.41, 5.74) is 8.53. The minimum Gasteiger partial charge on any atom is -0.387 e. The third kappa shape index (κ3) is 9.42. The van der Waals surface area contributed by atoms with Crippen LogP contribution in [0, 0.1) is 0 Å². The highest BCUT2D eigenvalue weighted by molar-refractivity contribution is 7.47. The van der Waals surface area contributed by atoms with E-state index in [0.717, 1.165) is 35.8 Å². The number of nitrogens with two attached hydrogens (primary N) is 2. The van der Waals surface area contributed by atoms with Gasteiger partial charge in [-0.15, -0.1) is 9.42 Å². The zero-order chi connectivity index (χ0) is 46.7. The molecule has 0 radical (unpaired) electrons. The van der Waals surface area contributed by atoms with Crippen molar-refractivity contribution in [3.8, 4) is 0 Å². The number of aliphatic hydroxyl groups is 4. The van der Waals surface area contributed by atoms with Crippen molar-refractivity contribution in [2.75, 3.05) is 31.3 Å². The summed E-state index contributed by atoms with van der Waals surface area (Å²) in [4.78, 5) is 91.6. The second-order valence-electron chi connectivity index (χ2n) is 14.2. The molecule has 3 aliphatic rings. The first-order valence-electron chi connectivity index (χ1n) is 18.5. The standard InChI is InChI=1S/C29H35N12O21P3/c30-21-13-22(33-6-32-21)40(7-34-13)27-18(46)19(10(59-27)3-55-63(49)50)61-65(53,54)57-5-11-20(17(45)26(60-11)39-2-1-12(42)36-29(39)48)62-64(51,52)56-4-9-15(43)16(44)25(58-9)41-8-35-14-23(41)37-28(31)38-24(14)47/h1-2,6-11,15-20,25-27,43-46H,3-5H2,(H8-,30,31,32,33,36,37,38,42,47,48,49,50,51,52,53,54)/p+1/t9-,10-,11-,15-,16-,17-,18-,19-,20-,25-,26-,27-/m1/s1. The fraction of sp³-hybridized carbons (Fsp3) is 0.517. The van der Waals surface area contributed by atoms with Gasteiger partial charge in [-0.3, -0.25) is 51.4 Å². The second-order valence-corrected chi connectivity index (χ2v) is 17.8. The molecule has 8 rings (SSSR count). The SMILES string of the molecule is Nc1nc2c(ncn2[C@@H]2O[C@H](COP(=O)(O)O[C@H]3[C@@H](O)[C@H](n4ccc(=O)[nH]c4=O)O[C@@H]3COP(=O)(O)O[C@H]3[C@@H](O)[C@H](n4cnc5c(N)ncnc54)O[C@@H]3CO[P+](=O)O)[C@@H](O)[C@H]2O)c(=O)[nH]1. The molecule has 36 heteroatoms. The molecule has 0 bridgehead atoms. The molecule has 0 spiro atoms. The van der Waals surface area contributed by atoms with Gasteiger partial charge in [-0.05, 0) is 0 Å². The second kappa shape index (κ2) is 18.1. The van der Waals surface area contributed by atoms with Gasteiger partial charge in [-0.25, -0.2) is 33.9 Å². The summed E-state index contributed by atoms with van der Waals surface area (Å²) in [6, 6.07) is 0.862. The lowest BCUT2D eigenvalue weighted by Crippen LogP contribution is -2.39. The molecule has 3 fully saturated rings. The van der Waals surface area contributed by atoms with Gasteiger partial charge >= 0.3 is 29.6 Å². The van der Waals surface area contributed by atoms with Crippen molar-refractivity contribution in [2.45, 2.75) is 73.6 Å². The number of imidazole rings is 2. The van der Waals surface area contributed by atoms with Crippen LogP contribution in [-0.2, 0) is 50.5 Å². The zero-order valence-electron chi connectivity index (χ0n) is 32.4. The molecule has 8 heterocycles. The number of rotatable bonds is 16. The molecule has 352 valence electrons. The fourth-order valence-corrected chi connectivity index (χ4v) is 9.38. The summed E-state index contributed by atoms with van der Waals surface area (Å²) in [5, 5.41) is 44.1. The Morgan fingerprint density at radius 2 is 1.28 bits per heavy atom. The molecule has 5 aromatic rings. The maximum Gasteiger partial charge on any atom is 0.694 e. The van der Waals surface area contributed by atoms with Gasteiger partial charge in [-0.1, -0.05) is 0 Å². The van der Waals surface area contributed by atoms with E-state index < -0.39 is 134 Å². The first kappa shape index (κ1) is 46.7. The summed E-state index contributed by atoms with van der Waals surface area (Å²) in [5.74, 6) is -0.353. The lowest BCUT2D eigenvalue weighted by molar-refractivity contribution is -0.0628. The first-order chi connectivity index (χ1) is 30.7. The lowest BCUT2D eigenvalue weighted by atomic mass is 10.1. The van der Waals surface area contributed by atoms with E-state index in [1.54, 1.807) is 0 Å². The van der Waals surface area contributed by atoms with E-state index in [-0.39, 0.29) is 34.1 Å². The molecule has 0 aliphatic carbocycles. The van der Waals surface area contributed by atoms with Crippen LogP contribution < -0.4 is 28.3 Å². The van der Waals surface area contributed by atoms with Crippen LogP contribution in [0.3, 0.4) is 0 Å². The number of nitrogen functional groups attached to an aromatic ring is 2. The minimum atomic E-state index is -5.47. The Labute approximate surface area is 359 Å². The third-order valence-electron chi connectivity index (χ3n) is 10.1. The number of ether oxygens (including phenoxy) is 3. The highest BCUT2D eigenvalue weighted by atomic mass is 31.2. The van der Waals surface area contributed by atoms with Crippen LogP contribution in [0.4, 0.5) is 11.8 Å². The molecule has 65 heavy (non-hydrogen) atoms. The number of aromatic nitrogens is 10. The minimum absolute atomic E-state index is 0.0435. The molecule has 33 nitrogen and oxygen atoms in total. The Bertz CT molecular complexity index is 2880. The summed E-state index contributed by atoms with van der Waals surface area (Å²) >= 11 is 0. The van der Waals surface area contributed by atoms with Crippen molar-refractivity contribution < 1.29 is 85.6 Å². The van der Waals surface area contributed by atoms with Crippen LogP contribution in [-0.4, -0.2) is 158 Å². The summed E-state index contributed by atoms with van der Waals surface area (Å²) in [7, 11) is -14.2. The number of nitrogens with zero attached hydrogens (tertiary/aromatic N) is 8. The Kier molecular flexibility index (Phi) is 13.0. The summed E-state index contributed by atoms with van der Waals surface area (Å²) in [6.45, 7) is -2.95. The number of hydrogen-bond donors (Lipinski definition) is 11. The van der Waals surface area contributed by atoms with Crippen LogP contribution in [0.5, 0.6) is 0 Å². The number of H-pyrrole nitrogens is 2. The molecule has 0 aromatic carbocycles. The van der Waals surface area contributed by atoms with E-state index in [1.807, 2.05) is 4.98 Å². The smallest absolute Gasteiger partial charge is 0.387 e. The molecule has 3 aliphatic heterocycles. The van der Waals surface area contributed by atoms with Gasteiger partial charge in [0.1, 0.15) is 73.4 Å². The number of hydrogen-bond acceptors (Lipinski definition) is 25. The topological polar surface area (TPSA) is 481 Å². The Balaban J connectivity index is 0.980.